The molecule has 88 valence electrons. The van der Waals surface area contributed by atoms with Gasteiger partial charge >= 0.3 is 0 Å². The Morgan fingerprint density at radius 2 is 2.33 bits per heavy atom. The van der Waals surface area contributed by atoms with Crippen LogP contribution < -0.4 is 5.32 Å². The largest absolute Gasteiger partial charge is 0.391 e. The molecule has 2 N–H and O–H groups in total. The van der Waals surface area contributed by atoms with Gasteiger partial charge in [-0.1, -0.05) is 13.8 Å². The summed E-state index contributed by atoms with van der Waals surface area (Å²) in [7, 11) is 0. The summed E-state index contributed by atoms with van der Waals surface area (Å²) in [6.07, 6.45) is 1.33. The van der Waals surface area contributed by atoms with Gasteiger partial charge in [-0.2, -0.15) is 11.8 Å². The normalized spacial score (nSPS) is 23.1. The minimum Gasteiger partial charge on any atom is -0.391 e. The molecule has 2 unspecified atom stereocenters. The van der Waals surface area contributed by atoms with Crippen molar-refractivity contribution < 1.29 is 9.90 Å². The summed E-state index contributed by atoms with van der Waals surface area (Å²) < 4.78 is 0. The highest BCUT2D eigenvalue weighted by molar-refractivity contribution is 7.99. The summed E-state index contributed by atoms with van der Waals surface area (Å²) >= 11 is 1.83. The van der Waals surface area contributed by atoms with Crippen molar-refractivity contribution in [1.82, 2.24) is 5.32 Å². The third-order valence-corrected chi connectivity index (χ3v) is 3.72. The molecule has 1 rings (SSSR count). The third kappa shape index (κ3) is 4.89. The summed E-state index contributed by atoms with van der Waals surface area (Å²) in [6, 6.07) is 0. The second-order valence-electron chi connectivity index (χ2n) is 4.59. The standard InChI is InChI=1S/C11H21NO2S/c1-8(2)5-10(13)6-12-11(14)9-3-4-15-7-9/h8-10,13H,3-7H2,1-2H3,(H,12,14). The van der Waals surface area contributed by atoms with Crippen LogP contribution in [0.5, 0.6) is 0 Å². The van der Waals surface area contributed by atoms with Gasteiger partial charge in [-0.05, 0) is 24.5 Å². The Morgan fingerprint density at radius 3 is 2.87 bits per heavy atom. The highest BCUT2D eigenvalue weighted by Gasteiger charge is 2.23. The Balaban J connectivity index is 2.15. The first-order valence-corrected chi connectivity index (χ1v) is 6.78. The number of amides is 1. The van der Waals surface area contributed by atoms with E-state index in [0.717, 1.165) is 24.3 Å². The molecule has 1 heterocycles. The average molecular weight is 231 g/mol. The number of thioether (sulfide) groups is 1. The molecule has 2 atom stereocenters. The van der Waals surface area contributed by atoms with Crippen LogP contribution in [-0.4, -0.2) is 35.2 Å². The van der Waals surface area contributed by atoms with Gasteiger partial charge in [-0.15, -0.1) is 0 Å². The van der Waals surface area contributed by atoms with Gasteiger partial charge in [-0.3, -0.25) is 4.79 Å². The Hall–Kier alpha value is -0.220. The van der Waals surface area contributed by atoms with E-state index in [1.807, 2.05) is 11.8 Å². The number of rotatable bonds is 5. The molecule has 0 spiro atoms. The molecule has 15 heavy (non-hydrogen) atoms. The van der Waals surface area contributed by atoms with Crippen molar-refractivity contribution in [1.29, 1.82) is 0 Å². The van der Waals surface area contributed by atoms with E-state index in [-0.39, 0.29) is 11.8 Å². The number of nitrogens with one attached hydrogen (secondary N) is 1. The highest BCUT2D eigenvalue weighted by atomic mass is 32.2. The minimum atomic E-state index is -0.400. The Bertz CT molecular complexity index is 203. The van der Waals surface area contributed by atoms with Crippen molar-refractivity contribution in [2.45, 2.75) is 32.8 Å². The van der Waals surface area contributed by atoms with Gasteiger partial charge in [0, 0.05) is 18.2 Å². The average Bonchev–Trinajstić information content (AvgIpc) is 2.65. The smallest absolute Gasteiger partial charge is 0.224 e. The maximum Gasteiger partial charge on any atom is 0.224 e. The Kier molecular flexibility index (Phi) is 5.47. The Morgan fingerprint density at radius 1 is 1.60 bits per heavy atom. The fraction of sp³-hybridized carbons (Fsp3) is 0.909. The third-order valence-electron chi connectivity index (χ3n) is 2.56. The van der Waals surface area contributed by atoms with Crippen LogP contribution in [0.3, 0.4) is 0 Å². The van der Waals surface area contributed by atoms with E-state index >= 15 is 0 Å². The predicted molar refractivity (Wildman–Crippen MR) is 63.9 cm³/mol. The molecular weight excluding hydrogens is 210 g/mol. The maximum absolute atomic E-state index is 11.6. The zero-order valence-electron chi connectivity index (χ0n) is 9.53. The van der Waals surface area contributed by atoms with Gasteiger partial charge < -0.3 is 10.4 Å². The molecule has 0 aliphatic carbocycles. The van der Waals surface area contributed by atoms with Crippen LogP contribution in [0.25, 0.3) is 0 Å². The lowest BCUT2D eigenvalue weighted by Crippen LogP contribution is -2.36. The lowest BCUT2D eigenvalue weighted by atomic mass is 10.1. The van der Waals surface area contributed by atoms with E-state index in [1.54, 1.807) is 0 Å². The zero-order valence-corrected chi connectivity index (χ0v) is 10.3. The van der Waals surface area contributed by atoms with Crippen LogP contribution >= 0.6 is 11.8 Å². The molecule has 1 aliphatic rings. The predicted octanol–water partition coefficient (Wildman–Crippen LogP) is 1.26. The lowest BCUT2D eigenvalue weighted by molar-refractivity contribution is -0.124. The zero-order chi connectivity index (χ0) is 11.3. The minimum absolute atomic E-state index is 0.114. The van der Waals surface area contributed by atoms with Crippen LogP contribution in [0.2, 0.25) is 0 Å². The summed E-state index contributed by atoms with van der Waals surface area (Å²) in [4.78, 5) is 11.6. The summed E-state index contributed by atoms with van der Waals surface area (Å²) in [5.74, 6) is 2.78. The number of carbonyl (C=O) groups is 1. The molecule has 0 radical (unpaired) electrons. The van der Waals surface area contributed by atoms with Crippen LogP contribution in [0.4, 0.5) is 0 Å². The molecule has 0 aromatic carbocycles. The maximum atomic E-state index is 11.6. The van der Waals surface area contributed by atoms with Crippen LogP contribution in [0.1, 0.15) is 26.7 Å². The highest BCUT2D eigenvalue weighted by Crippen LogP contribution is 2.23. The fourth-order valence-electron chi connectivity index (χ4n) is 1.73. The molecule has 1 fully saturated rings. The van der Waals surface area contributed by atoms with Crippen molar-refractivity contribution in [3.05, 3.63) is 0 Å². The molecule has 4 heteroatoms. The number of hydrogen-bond donors (Lipinski definition) is 2. The molecule has 0 saturated carbocycles. The van der Waals surface area contributed by atoms with Gasteiger partial charge in [-0.25, -0.2) is 0 Å². The van der Waals surface area contributed by atoms with Crippen molar-refractivity contribution >= 4 is 17.7 Å². The van der Waals surface area contributed by atoms with E-state index in [1.165, 1.54) is 0 Å². The van der Waals surface area contributed by atoms with Crippen LogP contribution in [0.15, 0.2) is 0 Å². The van der Waals surface area contributed by atoms with Gasteiger partial charge in [0.1, 0.15) is 0 Å². The first kappa shape index (κ1) is 12.8. The summed E-state index contributed by atoms with van der Waals surface area (Å²) in [6.45, 7) is 4.54. The van der Waals surface area contributed by atoms with E-state index in [0.29, 0.717) is 12.5 Å². The molecule has 1 aliphatic heterocycles. The molecule has 0 aromatic heterocycles. The van der Waals surface area contributed by atoms with Gasteiger partial charge in [0.25, 0.3) is 0 Å². The second kappa shape index (κ2) is 6.38. The van der Waals surface area contributed by atoms with E-state index in [2.05, 4.69) is 19.2 Å². The summed E-state index contributed by atoms with van der Waals surface area (Å²) in [5, 5.41) is 12.4. The quantitative estimate of drug-likeness (QED) is 0.749. The van der Waals surface area contributed by atoms with Crippen LogP contribution in [-0.2, 0) is 4.79 Å². The first-order valence-electron chi connectivity index (χ1n) is 5.63. The fourth-order valence-corrected chi connectivity index (χ4v) is 2.95. The van der Waals surface area contributed by atoms with Crippen molar-refractivity contribution in [2.75, 3.05) is 18.1 Å². The molecule has 1 saturated heterocycles. The van der Waals surface area contributed by atoms with Crippen molar-refractivity contribution in [3.8, 4) is 0 Å². The van der Waals surface area contributed by atoms with Crippen molar-refractivity contribution in [2.24, 2.45) is 11.8 Å². The monoisotopic (exact) mass is 231 g/mol. The van der Waals surface area contributed by atoms with E-state index in [4.69, 9.17) is 0 Å². The SMILES string of the molecule is CC(C)CC(O)CNC(=O)C1CCSC1. The van der Waals surface area contributed by atoms with Gasteiger partial charge in [0.05, 0.1) is 6.10 Å². The summed E-state index contributed by atoms with van der Waals surface area (Å²) in [5.41, 5.74) is 0. The number of aliphatic hydroxyl groups excluding tert-OH is 1. The second-order valence-corrected chi connectivity index (χ2v) is 5.74. The van der Waals surface area contributed by atoms with E-state index < -0.39 is 6.10 Å². The van der Waals surface area contributed by atoms with Crippen LogP contribution in [0, 0.1) is 11.8 Å². The lowest BCUT2D eigenvalue weighted by Gasteiger charge is -2.15. The van der Waals surface area contributed by atoms with Gasteiger partial charge in [0.15, 0.2) is 0 Å². The Labute approximate surface area is 96.0 Å². The number of carbonyl (C=O) groups excluding carboxylic acids is 1. The number of hydrogen-bond acceptors (Lipinski definition) is 3. The van der Waals surface area contributed by atoms with E-state index in [9.17, 15) is 9.90 Å². The van der Waals surface area contributed by atoms with Crippen molar-refractivity contribution in [3.63, 3.8) is 0 Å². The topological polar surface area (TPSA) is 49.3 Å². The molecule has 0 aromatic rings. The molecular formula is C11H21NO2S. The molecule has 1 amide bonds. The van der Waals surface area contributed by atoms with Gasteiger partial charge in [0.2, 0.25) is 5.91 Å². The molecule has 3 nitrogen and oxygen atoms in total. The number of aliphatic hydroxyl groups is 1. The molecule has 0 bridgehead atoms. The first-order chi connectivity index (χ1) is 7.09.